The summed E-state index contributed by atoms with van der Waals surface area (Å²) in [6.07, 6.45) is 0.314. The van der Waals surface area contributed by atoms with Gasteiger partial charge in [0.15, 0.2) is 5.13 Å². The van der Waals surface area contributed by atoms with Crippen molar-refractivity contribution >= 4 is 45.0 Å². The van der Waals surface area contributed by atoms with Gasteiger partial charge in [-0.1, -0.05) is 48.9 Å². The SMILES string of the molecule is CCN(CC)CCN(C(=O)Cc1c(C)cc(C)cc1C)c1nc2c(F)cccc2s1.Cl. The number of aromatic nitrogens is 1. The molecule has 0 aliphatic rings. The molecule has 7 heteroatoms. The van der Waals surface area contributed by atoms with Crippen LogP contribution in [0, 0.1) is 26.6 Å². The molecule has 0 spiro atoms. The molecular weight excluding hydrogens is 433 g/mol. The van der Waals surface area contributed by atoms with Gasteiger partial charge >= 0.3 is 0 Å². The molecule has 3 rings (SSSR count). The van der Waals surface area contributed by atoms with Crippen molar-refractivity contribution in [2.24, 2.45) is 0 Å². The maximum absolute atomic E-state index is 14.2. The van der Waals surface area contributed by atoms with Crippen LogP contribution in [0.15, 0.2) is 30.3 Å². The van der Waals surface area contributed by atoms with Crippen molar-refractivity contribution in [3.63, 3.8) is 0 Å². The molecule has 0 N–H and O–H groups in total. The molecule has 0 saturated carbocycles. The minimum Gasteiger partial charge on any atom is -0.302 e. The van der Waals surface area contributed by atoms with Crippen molar-refractivity contribution in [3.05, 3.63) is 58.4 Å². The minimum atomic E-state index is -0.351. The van der Waals surface area contributed by atoms with Crippen molar-refractivity contribution < 1.29 is 9.18 Å². The van der Waals surface area contributed by atoms with E-state index in [9.17, 15) is 9.18 Å². The van der Waals surface area contributed by atoms with Gasteiger partial charge < -0.3 is 4.90 Å². The van der Waals surface area contributed by atoms with Gasteiger partial charge in [0.25, 0.3) is 0 Å². The summed E-state index contributed by atoms with van der Waals surface area (Å²) in [6.45, 7) is 13.5. The van der Waals surface area contributed by atoms with E-state index in [1.807, 2.05) is 6.07 Å². The van der Waals surface area contributed by atoms with Gasteiger partial charge in [0.2, 0.25) is 5.91 Å². The number of carbonyl (C=O) groups excluding carboxylic acids is 1. The normalized spacial score (nSPS) is 11.1. The number of fused-ring (bicyclic) bond motifs is 1. The van der Waals surface area contributed by atoms with Gasteiger partial charge in [0.05, 0.1) is 11.1 Å². The summed E-state index contributed by atoms with van der Waals surface area (Å²) in [4.78, 5) is 21.9. The Bertz CT molecular complexity index is 1030. The first kappa shape index (κ1) is 25.2. The highest BCUT2D eigenvalue weighted by molar-refractivity contribution is 7.22. The maximum atomic E-state index is 14.2. The number of carbonyl (C=O) groups is 1. The second kappa shape index (κ2) is 11.0. The average molecular weight is 464 g/mol. The second-order valence-corrected chi connectivity index (χ2v) is 8.72. The Morgan fingerprint density at radius 1 is 1.06 bits per heavy atom. The summed E-state index contributed by atoms with van der Waals surface area (Å²) in [5, 5.41) is 0.565. The molecule has 0 aliphatic heterocycles. The van der Waals surface area contributed by atoms with E-state index in [1.54, 1.807) is 11.0 Å². The summed E-state index contributed by atoms with van der Waals surface area (Å²) >= 11 is 1.37. The Labute approximate surface area is 194 Å². The molecule has 0 fully saturated rings. The highest BCUT2D eigenvalue weighted by atomic mass is 35.5. The molecule has 0 atom stereocenters. The van der Waals surface area contributed by atoms with Crippen LogP contribution in [0.5, 0.6) is 0 Å². The van der Waals surface area contributed by atoms with Crippen molar-refractivity contribution in [1.82, 2.24) is 9.88 Å². The minimum absolute atomic E-state index is 0. The molecule has 1 aromatic heterocycles. The van der Waals surface area contributed by atoms with Crippen LogP contribution < -0.4 is 4.90 Å². The zero-order chi connectivity index (χ0) is 21.8. The van der Waals surface area contributed by atoms with Crippen LogP contribution in [0.4, 0.5) is 9.52 Å². The number of hydrogen-bond acceptors (Lipinski definition) is 4. The van der Waals surface area contributed by atoms with Gasteiger partial charge in [-0.25, -0.2) is 9.37 Å². The molecule has 1 heterocycles. The zero-order valence-electron chi connectivity index (χ0n) is 18.9. The summed E-state index contributed by atoms with van der Waals surface area (Å²) in [6, 6.07) is 9.17. The fourth-order valence-electron chi connectivity index (χ4n) is 3.86. The maximum Gasteiger partial charge on any atom is 0.233 e. The number of likely N-dealkylation sites (N-methyl/N-ethyl adjacent to an activating group) is 1. The summed E-state index contributed by atoms with van der Waals surface area (Å²) < 4.78 is 15.0. The first-order valence-electron chi connectivity index (χ1n) is 10.5. The predicted octanol–water partition coefficient (Wildman–Crippen LogP) is 5.70. The van der Waals surface area contributed by atoms with E-state index >= 15 is 0 Å². The summed E-state index contributed by atoms with van der Waals surface area (Å²) in [5.41, 5.74) is 4.84. The van der Waals surface area contributed by atoms with Crippen LogP contribution in [-0.4, -0.2) is 42.0 Å². The number of benzene rings is 2. The van der Waals surface area contributed by atoms with Crippen LogP contribution in [0.1, 0.15) is 36.1 Å². The Morgan fingerprint density at radius 3 is 2.29 bits per heavy atom. The molecule has 1 amide bonds. The summed E-state index contributed by atoms with van der Waals surface area (Å²) in [7, 11) is 0. The molecular formula is C24H31ClFN3OS. The van der Waals surface area contributed by atoms with Gasteiger partial charge in [-0.15, -0.1) is 12.4 Å². The Kier molecular flexibility index (Phi) is 8.98. The highest BCUT2D eigenvalue weighted by Gasteiger charge is 2.22. The van der Waals surface area contributed by atoms with Crippen LogP contribution in [0.2, 0.25) is 0 Å². The van der Waals surface area contributed by atoms with Crippen molar-refractivity contribution in [1.29, 1.82) is 0 Å². The quantitative estimate of drug-likeness (QED) is 0.430. The van der Waals surface area contributed by atoms with Crippen molar-refractivity contribution in [2.45, 2.75) is 41.0 Å². The van der Waals surface area contributed by atoms with E-state index in [0.29, 0.717) is 23.6 Å². The van der Waals surface area contributed by atoms with E-state index in [-0.39, 0.29) is 24.1 Å². The molecule has 0 unspecified atom stereocenters. The number of nitrogens with zero attached hydrogens (tertiary/aromatic N) is 3. The van der Waals surface area contributed by atoms with Crippen LogP contribution in [0.3, 0.4) is 0 Å². The predicted molar refractivity (Wildman–Crippen MR) is 131 cm³/mol. The number of hydrogen-bond donors (Lipinski definition) is 0. The third-order valence-electron chi connectivity index (χ3n) is 5.59. The molecule has 0 radical (unpaired) electrons. The molecule has 3 aromatic rings. The lowest BCUT2D eigenvalue weighted by Crippen LogP contribution is -2.39. The van der Waals surface area contributed by atoms with Crippen LogP contribution in [0.25, 0.3) is 10.2 Å². The first-order chi connectivity index (χ1) is 14.3. The summed E-state index contributed by atoms with van der Waals surface area (Å²) in [5.74, 6) is -0.354. The lowest BCUT2D eigenvalue weighted by Gasteiger charge is -2.25. The van der Waals surface area contributed by atoms with E-state index in [0.717, 1.165) is 41.0 Å². The number of anilines is 1. The van der Waals surface area contributed by atoms with Gasteiger partial charge in [-0.05, 0) is 62.7 Å². The fraction of sp³-hybridized carbons (Fsp3) is 0.417. The molecule has 0 saturated heterocycles. The van der Waals surface area contributed by atoms with Crippen LogP contribution in [-0.2, 0) is 11.2 Å². The third kappa shape index (κ3) is 5.82. The standard InChI is InChI=1S/C24H30FN3OS.ClH/c1-6-27(7-2)11-12-28(24-26-23-20(25)9-8-10-21(23)30-24)22(29)15-19-17(4)13-16(3)14-18(19)5;/h8-10,13-14H,6-7,11-12,15H2,1-5H3;1H. The Hall–Kier alpha value is -2.02. The lowest BCUT2D eigenvalue weighted by atomic mass is 9.97. The molecule has 0 bridgehead atoms. The van der Waals surface area contributed by atoms with Gasteiger partial charge in [0.1, 0.15) is 11.3 Å². The second-order valence-electron chi connectivity index (χ2n) is 7.71. The number of para-hydroxylation sites is 1. The molecule has 31 heavy (non-hydrogen) atoms. The first-order valence-corrected chi connectivity index (χ1v) is 11.3. The van der Waals surface area contributed by atoms with Gasteiger partial charge in [0, 0.05) is 13.1 Å². The number of amides is 1. The third-order valence-corrected chi connectivity index (χ3v) is 6.64. The molecule has 4 nitrogen and oxygen atoms in total. The van der Waals surface area contributed by atoms with Crippen LogP contribution >= 0.6 is 23.7 Å². The van der Waals surface area contributed by atoms with Crippen molar-refractivity contribution in [3.8, 4) is 0 Å². The fourth-order valence-corrected chi connectivity index (χ4v) is 4.89. The number of halogens is 2. The average Bonchev–Trinajstić information content (AvgIpc) is 3.13. The van der Waals surface area contributed by atoms with E-state index in [4.69, 9.17) is 0 Å². The molecule has 168 valence electrons. The molecule has 0 aliphatic carbocycles. The molecule has 2 aromatic carbocycles. The van der Waals surface area contributed by atoms with Gasteiger partial charge in [-0.3, -0.25) is 9.69 Å². The Morgan fingerprint density at radius 2 is 1.71 bits per heavy atom. The smallest absolute Gasteiger partial charge is 0.233 e. The zero-order valence-corrected chi connectivity index (χ0v) is 20.5. The lowest BCUT2D eigenvalue weighted by molar-refractivity contribution is -0.118. The van der Waals surface area contributed by atoms with Gasteiger partial charge in [-0.2, -0.15) is 0 Å². The number of thiazole rings is 1. The van der Waals surface area contributed by atoms with E-state index < -0.39 is 0 Å². The van der Waals surface area contributed by atoms with E-state index in [1.165, 1.54) is 23.0 Å². The van der Waals surface area contributed by atoms with Crippen molar-refractivity contribution in [2.75, 3.05) is 31.1 Å². The number of aryl methyl sites for hydroxylation is 3. The number of rotatable bonds is 8. The largest absolute Gasteiger partial charge is 0.302 e. The Balaban J connectivity index is 0.00000341. The topological polar surface area (TPSA) is 36.4 Å². The van der Waals surface area contributed by atoms with E-state index in [2.05, 4.69) is 56.6 Å². The monoisotopic (exact) mass is 463 g/mol. The highest BCUT2D eigenvalue weighted by Crippen LogP contribution is 2.31.